The van der Waals surface area contributed by atoms with Crippen LogP contribution in [-0.4, -0.2) is 52.3 Å². The number of amides is 4. The van der Waals surface area contributed by atoms with E-state index >= 15 is 0 Å². The van der Waals surface area contributed by atoms with Gasteiger partial charge in [-0.05, 0) is 37.6 Å². The molecule has 2 N–H and O–H groups in total. The van der Waals surface area contributed by atoms with Gasteiger partial charge in [0, 0.05) is 30.6 Å². The number of anilines is 1. The lowest BCUT2D eigenvalue weighted by molar-refractivity contribution is -0.150. The maximum absolute atomic E-state index is 13.2. The van der Waals surface area contributed by atoms with E-state index in [0.29, 0.717) is 13.0 Å². The van der Waals surface area contributed by atoms with Crippen LogP contribution in [-0.2, 0) is 20.7 Å². The molecule has 2 saturated heterocycles. The number of aryl methyl sites for hydroxylation is 1. The first kappa shape index (κ1) is 18.0. The molecule has 3 aliphatic heterocycles. The molecule has 6 rings (SSSR count). The fraction of sp³-hybridized carbons (Fsp3) is 0.450. The minimum atomic E-state index is -1.42. The van der Waals surface area contributed by atoms with Crippen molar-refractivity contribution < 1.29 is 19.1 Å². The van der Waals surface area contributed by atoms with E-state index in [9.17, 15) is 14.4 Å². The third-order valence-electron chi connectivity index (χ3n) is 6.75. The topological polar surface area (TPSA) is 114 Å². The third-order valence-corrected chi connectivity index (χ3v) is 7.64. The molecule has 1 aromatic carbocycles. The van der Waals surface area contributed by atoms with Gasteiger partial charge >= 0.3 is 6.03 Å². The number of hydrogen-bond acceptors (Lipinski definition) is 8. The molecule has 10 heteroatoms. The van der Waals surface area contributed by atoms with Crippen LogP contribution < -0.4 is 15.5 Å². The molecular weight excluding hydrogens is 406 g/mol. The Morgan fingerprint density at radius 2 is 1.97 bits per heavy atom. The molecule has 1 aromatic heterocycles. The van der Waals surface area contributed by atoms with E-state index < -0.39 is 28.8 Å². The highest BCUT2D eigenvalue weighted by molar-refractivity contribution is 7.14. The van der Waals surface area contributed by atoms with E-state index in [2.05, 4.69) is 25.7 Å². The van der Waals surface area contributed by atoms with Crippen LogP contribution in [0.25, 0.3) is 10.6 Å². The summed E-state index contributed by atoms with van der Waals surface area (Å²) < 4.78 is 6.08. The molecule has 2 aromatic rings. The van der Waals surface area contributed by atoms with Crippen LogP contribution in [0.1, 0.15) is 23.9 Å². The molecule has 2 spiro atoms. The Bertz CT molecular complexity index is 1130. The molecule has 3 atom stereocenters. The van der Waals surface area contributed by atoms with Crippen molar-refractivity contribution in [3.63, 3.8) is 0 Å². The lowest BCUT2D eigenvalue weighted by Gasteiger charge is -2.54. The Balaban J connectivity index is 1.54. The number of barbiturate groups is 1. The second kappa shape index (κ2) is 5.64. The number of benzene rings is 1. The molecule has 4 amide bonds. The molecule has 4 aliphatic rings. The SMILES string of the molecule is Cc1nnc(-c2ccc3c(c2)CC2(C(=O)NC(=O)NC2=O)C24C[C@H]2O[C@@H](C)CN34)s1. The number of hydrogen-bond donors (Lipinski definition) is 2. The predicted molar refractivity (Wildman–Crippen MR) is 107 cm³/mol. The fourth-order valence-electron chi connectivity index (χ4n) is 5.49. The van der Waals surface area contributed by atoms with E-state index in [-0.39, 0.29) is 18.6 Å². The monoisotopic (exact) mass is 425 g/mol. The first-order valence-corrected chi connectivity index (χ1v) is 10.7. The summed E-state index contributed by atoms with van der Waals surface area (Å²) in [6.07, 6.45) is 0.507. The Kier molecular flexibility index (Phi) is 3.38. The summed E-state index contributed by atoms with van der Waals surface area (Å²) in [7, 11) is 0. The number of carbonyl (C=O) groups excluding carboxylic acids is 3. The van der Waals surface area contributed by atoms with Crippen molar-refractivity contribution >= 4 is 34.9 Å². The summed E-state index contributed by atoms with van der Waals surface area (Å²) in [4.78, 5) is 40.4. The molecule has 3 fully saturated rings. The number of nitrogens with one attached hydrogen (secondary N) is 2. The smallest absolute Gasteiger partial charge is 0.328 e. The van der Waals surface area contributed by atoms with E-state index in [1.54, 1.807) is 0 Å². The number of urea groups is 1. The van der Waals surface area contributed by atoms with Crippen molar-refractivity contribution in [3.05, 3.63) is 28.8 Å². The average Bonchev–Trinajstić information content (AvgIpc) is 3.26. The van der Waals surface area contributed by atoms with Gasteiger partial charge in [-0.15, -0.1) is 10.2 Å². The summed E-state index contributed by atoms with van der Waals surface area (Å²) in [6.45, 7) is 4.46. The Hall–Kier alpha value is -2.85. The van der Waals surface area contributed by atoms with E-state index in [4.69, 9.17) is 4.74 Å². The van der Waals surface area contributed by atoms with Crippen molar-refractivity contribution in [1.82, 2.24) is 20.8 Å². The number of morpholine rings is 1. The summed E-state index contributed by atoms with van der Waals surface area (Å²) >= 11 is 1.49. The van der Waals surface area contributed by atoms with Crippen molar-refractivity contribution in [2.24, 2.45) is 5.41 Å². The number of imide groups is 2. The standard InChI is InChI=1S/C20H19N5O4S/c1-9-8-25-13-4-3-11(15-24-23-10(2)30-15)5-12(13)6-19(20(25)7-14(20)29-9)16(26)21-18(28)22-17(19)27/h3-5,9,14H,6-8H2,1-2H3,(H2,21,22,26,27,28)/t9-,14+,20?/m0/s1. The molecule has 1 saturated carbocycles. The molecule has 154 valence electrons. The van der Waals surface area contributed by atoms with Crippen LogP contribution in [0.4, 0.5) is 10.5 Å². The fourth-order valence-corrected chi connectivity index (χ4v) is 6.18. The van der Waals surface area contributed by atoms with Crippen LogP contribution in [0, 0.1) is 12.3 Å². The van der Waals surface area contributed by atoms with Gasteiger partial charge in [0.2, 0.25) is 11.8 Å². The highest BCUT2D eigenvalue weighted by Gasteiger charge is 2.80. The predicted octanol–water partition coefficient (Wildman–Crippen LogP) is 1.16. The van der Waals surface area contributed by atoms with Crippen molar-refractivity contribution in [3.8, 4) is 10.6 Å². The Labute approximate surface area is 175 Å². The molecule has 9 nitrogen and oxygen atoms in total. The number of fused-ring (bicyclic) bond motifs is 2. The maximum atomic E-state index is 13.2. The second-order valence-electron chi connectivity index (χ2n) is 8.46. The Morgan fingerprint density at radius 1 is 1.20 bits per heavy atom. The Morgan fingerprint density at radius 3 is 2.67 bits per heavy atom. The van der Waals surface area contributed by atoms with E-state index in [1.165, 1.54) is 11.3 Å². The van der Waals surface area contributed by atoms with Crippen LogP contribution in [0.5, 0.6) is 0 Å². The number of aromatic nitrogens is 2. The maximum Gasteiger partial charge on any atom is 0.328 e. The second-order valence-corrected chi connectivity index (χ2v) is 9.65. The zero-order valence-electron chi connectivity index (χ0n) is 16.4. The first-order chi connectivity index (χ1) is 14.3. The molecule has 0 bridgehead atoms. The lowest BCUT2D eigenvalue weighted by atomic mass is 9.66. The van der Waals surface area contributed by atoms with Gasteiger partial charge in [0.1, 0.15) is 10.0 Å². The van der Waals surface area contributed by atoms with Gasteiger partial charge in [0.25, 0.3) is 0 Å². The van der Waals surface area contributed by atoms with Crippen LogP contribution >= 0.6 is 11.3 Å². The van der Waals surface area contributed by atoms with Gasteiger partial charge < -0.3 is 9.64 Å². The highest BCUT2D eigenvalue weighted by atomic mass is 32.1. The average molecular weight is 425 g/mol. The molecule has 0 radical (unpaired) electrons. The largest absolute Gasteiger partial charge is 0.371 e. The zero-order chi connectivity index (χ0) is 20.8. The zero-order valence-corrected chi connectivity index (χ0v) is 17.2. The molecule has 4 heterocycles. The minimum absolute atomic E-state index is 0.0320. The molecule has 30 heavy (non-hydrogen) atoms. The summed E-state index contributed by atoms with van der Waals surface area (Å²) in [6, 6.07) is 5.25. The minimum Gasteiger partial charge on any atom is -0.371 e. The van der Waals surface area contributed by atoms with Gasteiger partial charge in [0.15, 0.2) is 5.41 Å². The number of carbonyl (C=O) groups is 3. The summed E-state index contributed by atoms with van der Waals surface area (Å²) in [5, 5.41) is 14.6. The summed E-state index contributed by atoms with van der Waals surface area (Å²) in [5.41, 5.74) is 0.578. The molecule has 1 unspecified atom stereocenters. The number of nitrogens with zero attached hydrogens (tertiary/aromatic N) is 3. The van der Waals surface area contributed by atoms with Crippen molar-refractivity contribution in [2.45, 2.75) is 44.4 Å². The van der Waals surface area contributed by atoms with E-state index in [1.807, 2.05) is 32.0 Å². The van der Waals surface area contributed by atoms with Gasteiger partial charge in [-0.2, -0.15) is 0 Å². The third kappa shape index (κ3) is 2.07. The highest BCUT2D eigenvalue weighted by Crippen LogP contribution is 2.64. The van der Waals surface area contributed by atoms with Gasteiger partial charge in [-0.1, -0.05) is 11.3 Å². The van der Waals surface area contributed by atoms with Crippen LogP contribution in [0.15, 0.2) is 18.2 Å². The van der Waals surface area contributed by atoms with Crippen molar-refractivity contribution in [2.75, 3.05) is 11.4 Å². The number of rotatable bonds is 1. The van der Waals surface area contributed by atoms with Gasteiger partial charge in [-0.3, -0.25) is 20.2 Å². The van der Waals surface area contributed by atoms with Gasteiger partial charge in [0.05, 0.1) is 17.7 Å². The quantitative estimate of drug-likeness (QED) is 0.659. The lowest BCUT2D eigenvalue weighted by Crippen LogP contribution is -2.75. The van der Waals surface area contributed by atoms with Crippen molar-refractivity contribution in [1.29, 1.82) is 0 Å². The first-order valence-electron chi connectivity index (χ1n) is 9.88. The van der Waals surface area contributed by atoms with Crippen LogP contribution in [0.2, 0.25) is 0 Å². The van der Waals surface area contributed by atoms with Crippen LogP contribution in [0.3, 0.4) is 0 Å². The summed E-state index contributed by atoms with van der Waals surface area (Å²) in [5.74, 6) is -1.10. The van der Waals surface area contributed by atoms with E-state index in [0.717, 1.165) is 26.8 Å². The number of ether oxygens (including phenoxy) is 1. The molecular formula is C20H19N5O4S. The normalized spacial score (nSPS) is 30.9. The molecule has 1 aliphatic carbocycles. The van der Waals surface area contributed by atoms with Gasteiger partial charge in [-0.25, -0.2) is 4.79 Å².